The molecule has 0 radical (unpaired) electrons. The summed E-state index contributed by atoms with van der Waals surface area (Å²) < 4.78 is 1.88. The molecule has 1 aromatic rings. The summed E-state index contributed by atoms with van der Waals surface area (Å²) in [4.78, 5) is 4.10. The monoisotopic (exact) mass is 312 g/mol. The zero-order chi connectivity index (χ0) is 7.72. The van der Waals surface area contributed by atoms with Gasteiger partial charge in [-0.1, -0.05) is 0 Å². The molecule has 54 valence electrons. The summed E-state index contributed by atoms with van der Waals surface area (Å²) in [6.07, 6.45) is 1.76. The number of nitrogens with two attached hydrogens (primary N) is 1. The summed E-state index contributed by atoms with van der Waals surface area (Å²) in [5, 5.41) is 0. The van der Waals surface area contributed by atoms with Gasteiger partial charge in [0.05, 0.1) is 19.4 Å². The van der Waals surface area contributed by atoms with Crippen LogP contribution in [0.25, 0.3) is 0 Å². The van der Waals surface area contributed by atoms with Gasteiger partial charge in [0, 0.05) is 6.20 Å². The Labute approximate surface area is 81.5 Å². The van der Waals surface area contributed by atoms with E-state index in [1.165, 1.54) is 0 Å². The highest BCUT2D eigenvalue weighted by atomic mass is 127. The van der Waals surface area contributed by atoms with Crippen LogP contribution in [0.3, 0.4) is 0 Å². The highest BCUT2D eigenvalue weighted by molar-refractivity contribution is 14.1. The molecule has 10 heavy (non-hydrogen) atoms. The third kappa shape index (κ3) is 1.42. The van der Waals surface area contributed by atoms with Crippen molar-refractivity contribution < 1.29 is 0 Å². The first kappa shape index (κ1) is 8.26. The molecule has 1 heterocycles. The SMILES string of the molecule is Cc1ncc(I)c(N)c1Br. The Kier molecular flexibility index (Phi) is 2.51. The van der Waals surface area contributed by atoms with Crippen molar-refractivity contribution in [3.05, 3.63) is 19.9 Å². The van der Waals surface area contributed by atoms with Crippen LogP contribution in [0.2, 0.25) is 0 Å². The minimum atomic E-state index is 0.771. The molecule has 1 aromatic heterocycles. The quantitative estimate of drug-likeness (QED) is 0.747. The van der Waals surface area contributed by atoms with Gasteiger partial charge >= 0.3 is 0 Å². The number of hydrogen-bond acceptors (Lipinski definition) is 2. The first-order valence-corrected chi connectivity index (χ1v) is 4.56. The van der Waals surface area contributed by atoms with Crippen molar-refractivity contribution in [2.24, 2.45) is 0 Å². The summed E-state index contributed by atoms with van der Waals surface area (Å²) >= 11 is 5.49. The number of pyridine rings is 1. The van der Waals surface area contributed by atoms with Gasteiger partial charge < -0.3 is 5.73 Å². The second-order valence-electron chi connectivity index (χ2n) is 1.92. The molecular formula is C6H6BrIN2. The fraction of sp³-hybridized carbons (Fsp3) is 0.167. The number of aromatic nitrogens is 1. The maximum atomic E-state index is 5.69. The normalized spacial score (nSPS) is 9.90. The Morgan fingerprint density at radius 2 is 2.30 bits per heavy atom. The van der Waals surface area contributed by atoms with Crippen molar-refractivity contribution in [2.45, 2.75) is 6.92 Å². The van der Waals surface area contributed by atoms with Crippen LogP contribution in [0, 0.1) is 10.5 Å². The summed E-state index contributed by atoms with van der Waals surface area (Å²) in [6.45, 7) is 1.91. The van der Waals surface area contributed by atoms with Crippen LogP contribution < -0.4 is 5.73 Å². The van der Waals surface area contributed by atoms with E-state index in [-0.39, 0.29) is 0 Å². The Balaban J connectivity index is 3.34. The zero-order valence-electron chi connectivity index (χ0n) is 5.36. The summed E-state index contributed by atoms with van der Waals surface area (Å²) in [6, 6.07) is 0. The van der Waals surface area contributed by atoms with Crippen LogP contribution in [-0.2, 0) is 0 Å². The third-order valence-electron chi connectivity index (χ3n) is 1.18. The van der Waals surface area contributed by atoms with Crippen LogP contribution in [0.15, 0.2) is 10.7 Å². The van der Waals surface area contributed by atoms with E-state index in [4.69, 9.17) is 5.73 Å². The molecule has 0 atom stereocenters. The standard InChI is InChI=1S/C6H6BrIN2/c1-3-5(7)6(9)4(8)2-10-3/h2H,1H3,(H2,9,10). The molecule has 0 saturated carbocycles. The van der Waals surface area contributed by atoms with Gasteiger partial charge in [-0.05, 0) is 45.4 Å². The highest BCUT2D eigenvalue weighted by Crippen LogP contribution is 2.25. The van der Waals surface area contributed by atoms with Crippen molar-refractivity contribution in [3.63, 3.8) is 0 Å². The maximum Gasteiger partial charge on any atom is 0.0628 e. The number of nitrogens with zero attached hydrogens (tertiary/aromatic N) is 1. The lowest BCUT2D eigenvalue weighted by molar-refractivity contribution is 1.17. The maximum absolute atomic E-state index is 5.69. The van der Waals surface area contributed by atoms with Gasteiger partial charge in [0.1, 0.15) is 0 Å². The molecule has 0 unspecified atom stereocenters. The van der Waals surface area contributed by atoms with Gasteiger partial charge in [-0.3, -0.25) is 4.98 Å². The summed E-state index contributed by atoms with van der Waals surface area (Å²) in [5.41, 5.74) is 7.39. The lowest BCUT2D eigenvalue weighted by Crippen LogP contribution is -1.94. The van der Waals surface area contributed by atoms with Crippen molar-refractivity contribution in [2.75, 3.05) is 5.73 Å². The number of nitrogen functional groups attached to an aromatic ring is 1. The number of rotatable bonds is 0. The Morgan fingerprint density at radius 3 is 2.80 bits per heavy atom. The first-order chi connectivity index (χ1) is 4.63. The van der Waals surface area contributed by atoms with E-state index in [2.05, 4.69) is 43.5 Å². The van der Waals surface area contributed by atoms with Crippen LogP contribution in [0.5, 0.6) is 0 Å². The molecule has 0 spiro atoms. The molecule has 0 bridgehead atoms. The van der Waals surface area contributed by atoms with E-state index >= 15 is 0 Å². The first-order valence-electron chi connectivity index (χ1n) is 2.69. The van der Waals surface area contributed by atoms with Crippen molar-refractivity contribution in [1.29, 1.82) is 0 Å². The van der Waals surface area contributed by atoms with Gasteiger partial charge in [0.15, 0.2) is 0 Å². The lowest BCUT2D eigenvalue weighted by Gasteiger charge is -2.02. The predicted octanol–water partition coefficient (Wildman–Crippen LogP) is 2.34. The van der Waals surface area contributed by atoms with E-state index in [1.807, 2.05) is 6.92 Å². The number of anilines is 1. The molecular weight excluding hydrogens is 307 g/mol. The zero-order valence-corrected chi connectivity index (χ0v) is 9.10. The van der Waals surface area contributed by atoms with Crippen LogP contribution >= 0.6 is 38.5 Å². The van der Waals surface area contributed by atoms with E-state index < -0.39 is 0 Å². The van der Waals surface area contributed by atoms with Gasteiger partial charge in [0.2, 0.25) is 0 Å². The number of hydrogen-bond donors (Lipinski definition) is 1. The second-order valence-corrected chi connectivity index (χ2v) is 3.87. The molecule has 4 heteroatoms. The highest BCUT2D eigenvalue weighted by Gasteiger charge is 2.02. The lowest BCUT2D eigenvalue weighted by atomic mass is 10.3. The molecule has 0 aliphatic carbocycles. The number of aryl methyl sites for hydroxylation is 1. The molecule has 0 saturated heterocycles. The van der Waals surface area contributed by atoms with Crippen molar-refractivity contribution >= 4 is 44.2 Å². The second kappa shape index (κ2) is 3.04. The van der Waals surface area contributed by atoms with E-state index in [0.717, 1.165) is 19.4 Å². The molecule has 0 fully saturated rings. The Bertz CT molecular complexity index is 235. The average Bonchev–Trinajstić information content (AvgIpc) is 1.93. The fourth-order valence-corrected chi connectivity index (χ4v) is 1.67. The molecule has 0 aromatic carbocycles. The largest absolute Gasteiger partial charge is 0.397 e. The minimum absolute atomic E-state index is 0.771. The number of halogens is 2. The predicted molar refractivity (Wildman–Crippen MR) is 53.8 cm³/mol. The molecule has 0 aliphatic heterocycles. The summed E-state index contributed by atoms with van der Waals surface area (Å²) in [5.74, 6) is 0. The van der Waals surface area contributed by atoms with Gasteiger partial charge in [-0.25, -0.2) is 0 Å². The molecule has 2 N–H and O–H groups in total. The van der Waals surface area contributed by atoms with Crippen LogP contribution in [0.1, 0.15) is 5.69 Å². The van der Waals surface area contributed by atoms with Crippen molar-refractivity contribution in [3.8, 4) is 0 Å². The van der Waals surface area contributed by atoms with Crippen molar-refractivity contribution in [1.82, 2.24) is 4.98 Å². The van der Waals surface area contributed by atoms with Crippen LogP contribution in [0.4, 0.5) is 5.69 Å². The fourth-order valence-electron chi connectivity index (χ4n) is 0.579. The molecule has 0 amide bonds. The third-order valence-corrected chi connectivity index (χ3v) is 3.04. The molecule has 1 rings (SSSR count). The topological polar surface area (TPSA) is 38.9 Å². The van der Waals surface area contributed by atoms with Gasteiger partial charge in [-0.15, -0.1) is 0 Å². The van der Waals surface area contributed by atoms with E-state index in [9.17, 15) is 0 Å². The van der Waals surface area contributed by atoms with Crippen LogP contribution in [-0.4, -0.2) is 4.98 Å². The van der Waals surface area contributed by atoms with E-state index in [0.29, 0.717) is 0 Å². The average molecular weight is 313 g/mol. The molecule has 2 nitrogen and oxygen atoms in total. The van der Waals surface area contributed by atoms with Gasteiger partial charge in [-0.2, -0.15) is 0 Å². The summed E-state index contributed by atoms with van der Waals surface area (Å²) in [7, 11) is 0. The minimum Gasteiger partial charge on any atom is -0.397 e. The smallest absolute Gasteiger partial charge is 0.0628 e. The Hall–Kier alpha value is 0.160. The van der Waals surface area contributed by atoms with E-state index in [1.54, 1.807) is 6.20 Å². The Morgan fingerprint density at radius 1 is 1.70 bits per heavy atom. The molecule has 0 aliphatic rings. The van der Waals surface area contributed by atoms with Gasteiger partial charge in [0.25, 0.3) is 0 Å².